The Morgan fingerprint density at radius 2 is 1.79 bits per heavy atom. The van der Waals surface area contributed by atoms with Crippen molar-refractivity contribution >= 4 is 23.0 Å². The molecule has 0 spiro atoms. The molecule has 28 heavy (non-hydrogen) atoms. The molecule has 10 heteroatoms. The Morgan fingerprint density at radius 1 is 1.11 bits per heavy atom. The SMILES string of the molecule is Cn1cnc2c1c(=O)n(CC(=O)NCCC(=O)N1CCCCCC1)c(=O)n2C. The van der Waals surface area contributed by atoms with Crippen molar-refractivity contribution in [1.29, 1.82) is 0 Å². The first-order chi connectivity index (χ1) is 13.4. The Hall–Kier alpha value is -2.91. The van der Waals surface area contributed by atoms with E-state index in [0.29, 0.717) is 0 Å². The second-order valence-electron chi connectivity index (χ2n) is 7.16. The van der Waals surface area contributed by atoms with E-state index in [1.807, 2.05) is 4.90 Å². The number of rotatable bonds is 5. The number of aromatic nitrogens is 4. The molecule has 3 heterocycles. The molecule has 2 aromatic rings. The second-order valence-corrected chi connectivity index (χ2v) is 7.16. The molecule has 1 N–H and O–H groups in total. The van der Waals surface area contributed by atoms with Gasteiger partial charge in [0, 0.05) is 40.2 Å². The number of carbonyl (C=O) groups is 2. The fourth-order valence-corrected chi connectivity index (χ4v) is 3.52. The van der Waals surface area contributed by atoms with Crippen LogP contribution in [0.4, 0.5) is 0 Å². The largest absolute Gasteiger partial charge is 0.354 e. The third-order valence-electron chi connectivity index (χ3n) is 5.12. The predicted molar refractivity (Wildman–Crippen MR) is 103 cm³/mol. The summed E-state index contributed by atoms with van der Waals surface area (Å²) in [6, 6.07) is 0. The molecule has 3 rings (SSSR count). The summed E-state index contributed by atoms with van der Waals surface area (Å²) in [4.78, 5) is 55.4. The summed E-state index contributed by atoms with van der Waals surface area (Å²) in [5.74, 6) is -0.462. The average Bonchev–Trinajstić information content (AvgIpc) is 2.88. The molecule has 1 aliphatic heterocycles. The molecule has 2 aromatic heterocycles. The minimum atomic E-state index is -0.605. The Labute approximate surface area is 161 Å². The molecule has 2 amide bonds. The highest BCUT2D eigenvalue weighted by Crippen LogP contribution is 2.10. The van der Waals surface area contributed by atoms with E-state index >= 15 is 0 Å². The number of hydrogen-bond donors (Lipinski definition) is 1. The molecular weight excluding hydrogens is 364 g/mol. The highest BCUT2D eigenvalue weighted by Gasteiger charge is 2.18. The monoisotopic (exact) mass is 390 g/mol. The van der Waals surface area contributed by atoms with E-state index in [-0.39, 0.29) is 30.0 Å². The molecule has 0 saturated carbocycles. The zero-order valence-corrected chi connectivity index (χ0v) is 16.3. The standard InChI is InChI=1S/C18H26N6O4/c1-21-12-20-16-15(21)17(27)24(18(28)22(16)2)11-13(25)19-8-7-14(26)23-9-5-3-4-6-10-23/h12H,3-11H2,1-2H3,(H,19,25). The van der Waals surface area contributed by atoms with Crippen molar-refractivity contribution in [3.63, 3.8) is 0 Å². The number of hydrogen-bond acceptors (Lipinski definition) is 5. The summed E-state index contributed by atoms with van der Waals surface area (Å²) < 4.78 is 3.65. The van der Waals surface area contributed by atoms with Gasteiger partial charge in [-0.2, -0.15) is 0 Å². The smallest absolute Gasteiger partial charge is 0.332 e. The third-order valence-corrected chi connectivity index (χ3v) is 5.12. The van der Waals surface area contributed by atoms with Gasteiger partial charge in [-0.25, -0.2) is 14.3 Å². The number of fused-ring (bicyclic) bond motifs is 1. The molecule has 0 aromatic carbocycles. The summed E-state index contributed by atoms with van der Waals surface area (Å²) in [7, 11) is 3.16. The van der Waals surface area contributed by atoms with Gasteiger partial charge in [-0.3, -0.25) is 19.0 Å². The van der Waals surface area contributed by atoms with E-state index in [0.717, 1.165) is 43.3 Å². The molecule has 0 bridgehead atoms. The fourth-order valence-electron chi connectivity index (χ4n) is 3.52. The van der Waals surface area contributed by atoms with Crippen LogP contribution in [0.15, 0.2) is 15.9 Å². The van der Waals surface area contributed by atoms with Gasteiger partial charge in [-0.15, -0.1) is 0 Å². The van der Waals surface area contributed by atoms with Gasteiger partial charge in [0.15, 0.2) is 11.2 Å². The van der Waals surface area contributed by atoms with Crippen LogP contribution in [0, 0.1) is 0 Å². The summed E-state index contributed by atoms with van der Waals surface area (Å²) in [5.41, 5.74) is -0.635. The van der Waals surface area contributed by atoms with Gasteiger partial charge in [0.05, 0.1) is 6.33 Å². The van der Waals surface area contributed by atoms with Crippen molar-refractivity contribution in [2.45, 2.75) is 38.6 Å². The normalized spacial score (nSPS) is 14.9. The summed E-state index contributed by atoms with van der Waals surface area (Å²) >= 11 is 0. The number of nitrogens with one attached hydrogen (secondary N) is 1. The van der Waals surface area contributed by atoms with Crippen LogP contribution in [0.3, 0.4) is 0 Å². The molecular formula is C18H26N6O4. The number of carbonyl (C=O) groups excluding carboxylic acids is 2. The Balaban J connectivity index is 1.62. The van der Waals surface area contributed by atoms with Crippen molar-refractivity contribution in [3.05, 3.63) is 27.2 Å². The Kier molecular flexibility index (Phi) is 5.96. The molecule has 0 atom stereocenters. The van der Waals surface area contributed by atoms with Crippen LogP contribution in [0.25, 0.3) is 11.2 Å². The van der Waals surface area contributed by atoms with E-state index in [1.165, 1.54) is 22.5 Å². The average molecular weight is 390 g/mol. The van der Waals surface area contributed by atoms with Gasteiger partial charge < -0.3 is 14.8 Å². The summed E-state index contributed by atoms with van der Waals surface area (Å²) in [6.45, 7) is 1.31. The predicted octanol–water partition coefficient (Wildman–Crippen LogP) is -0.657. The summed E-state index contributed by atoms with van der Waals surface area (Å²) in [6.07, 6.45) is 5.97. The second kappa shape index (κ2) is 8.41. The maximum absolute atomic E-state index is 12.6. The number of likely N-dealkylation sites (tertiary alicyclic amines) is 1. The van der Waals surface area contributed by atoms with Gasteiger partial charge >= 0.3 is 5.69 Å². The topological polar surface area (TPSA) is 111 Å². The number of imidazole rings is 1. The Morgan fingerprint density at radius 3 is 2.46 bits per heavy atom. The van der Waals surface area contributed by atoms with Crippen LogP contribution in [-0.4, -0.2) is 55.0 Å². The van der Waals surface area contributed by atoms with Crippen LogP contribution in [0.1, 0.15) is 32.1 Å². The lowest BCUT2D eigenvalue weighted by Gasteiger charge is -2.20. The minimum absolute atomic E-state index is 0.0200. The van der Waals surface area contributed by atoms with Crippen LogP contribution < -0.4 is 16.6 Å². The van der Waals surface area contributed by atoms with E-state index in [9.17, 15) is 19.2 Å². The lowest BCUT2D eigenvalue weighted by Crippen LogP contribution is -2.44. The van der Waals surface area contributed by atoms with Gasteiger partial charge in [-0.1, -0.05) is 12.8 Å². The maximum Gasteiger partial charge on any atom is 0.332 e. The quantitative estimate of drug-likeness (QED) is 0.729. The molecule has 0 unspecified atom stereocenters. The molecule has 1 aliphatic rings. The van der Waals surface area contributed by atoms with E-state index < -0.39 is 23.7 Å². The van der Waals surface area contributed by atoms with Crippen LogP contribution in [-0.2, 0) is 30.2 Å². The molecule has 0 aliphatic carbocycles. The Bertz CT molecular complexity index is 994. The molecule has 0 radical (unpaired) electrons. The third kappa shape index (κ3) is 4.00. The van der Waals surface area contributed by atoms with E-state index in [1.54, 1.807) is 7.05 Å². The zero-order chi connectivity index (χ0) is 20.3. The first kappa shape index (κ1) is 19.8. The van der Waals surface area contributed by atoms with Crippen molar-refractivity contribution in [1.82, 2.24) is 28.9 Å². The minimum Gasteiger partial charge on any atom is -0.354 e. The van der Waals surface area contributed by atoms with E-state index in [2.05, 4.69) is 10.3 Å². The van der Waals surface area contributed by atoms with Crippen molar-refractivity contribution in [2.75, 3.05) is 19.6 Å². The first-order valence-electron chi connectivity index (χ1n) is 9.55. The molecule has 152 valence electrons. The molecule has 1 fully saturated rings. The van der Waals surface area contributed by atoms with Crippen LogP contribution in [0.2, 0.25) is 0 Å². The number of aryl methyl sites for hydroxylation is 2. The highest BCUT2D eigenvalue weighted by atomic mass is 16.2. The maximum atomic E-state index is 12.6. The molecule has 10 nitrogen and oxygen atoms in total. The summed E-state index contributed by atoms with van der Waals surface area (Å²) in [5, 5.41) is 2.63. The van der Waals surface area contributed by atoms with Crippen LogP contribution in [0.5, 0.6) is 0 Å². The fraction of sp³-hybridized carbons (Fsp3) is 0.611. The molecule has 1 saturated heterocycles. The van der Waals surface area contributed by atoms with Crippen molar-refractivity contribution in [2.24, 2.45) is 14.1 Å². The highest BCUT2D eigenvalue weighted by molar-refractivity contribution is 5.79. The van der Waals surface area contributed by atoms with Gasteiger partial charge in [0.2, 0.25) is 11.8 Å². The number of nitrogens with zero attached hydrogens (tertiary/aromatic N) is 5. The zero-order valence-electron chi connectivity index (χ0n) is 16.3. The van der Waals surface area contributed by atoms with Gasteiger partial charge in [-0.05, 0) is 12.8 Å². The lowest BCUT2D eigenvalue weighted by molar-refractivity contribution is -0.131. The van der Waals surface area contributed by atoms with Crippen LogP contribution >= 0.6 is 0 Å². The number of amides is 2. The van der Waals surface area contributed by atoms with Crippen molar-refractivity contribution in [3.8, 4) is 0 Å². The van der Waals surface area contributed by atoms with Gasteiger partial charge in [0.1, 0.15) is 6.54 Å². The van der Waals surface area contributed by atoms with Gasteiger partial charge in [0.25, 0.3) is 5.56 Å². The lowest BCUT2D eigenvalue weighted by atomic mass is 10.2. The first-order valence-corrected chi connectivity index (χ1v) is 9.55. The van der Waals surface area contributed by atoms with Crippen molar-refractivity contribution < 1.29 is 9.59 Å². The van der Waals surface area contributed by atoms with E-state index in [4.69, 9.17) is 0 Å².